The van der Waals surface area contributed by atoms with Gasteiger partial charge in [0.15, 0.2) is 11.6 Å². The molecule has 2 rings (SSSR count). The zero-order chi connectivity index (χ0) is 15.4. The van der Waals surface area contributed by atoms with Crippen molar-refractivity contribution >= 4 is 15.9 Å². The van der Waals surface area contributed by atoms with E-state index in [0.717, 1.165) is 18.3 Å². The van der Waals surface area contributed by atoms with E-state index in [-0.39, 0.29) is 11.8 Å². The lowest BCUT2D eigenvalue weighted by molar-refractivity contribution is 0.413. The Labute approximate surface area is 130 Å². The van der Waals surface area contributed by atoms with Crippen molar-refractivity contribution in [2.75, 3.05) is 6.54 Å². The predicted octanol–water partition coefficient (Wildman–Crippen LogP) is 4.59. The van der Waals surface area contributed by atoms with Gasteiger partial charge in [-0.15, -0.1) is 0 Å². The second kappa shape index (κ2) is 6.95. The van der Waals surface area contributed by atoms with E-state index < -0.39 is 11.6 Å². The molecule has 1 N–H and O–H groups in total. The molecule has 2 aromatic rings. The number of rotatable bonds is 5. The molecule has 0 saturated heterocycles. The molecule has 0 aliphatic rings. The number of ether oxygens (including phenoxy) is 1. The molecular formula is C15H15BrF2N2O. The summed E-state index contributed by atoms with van der Waals surface area (Å²) in [6.45, 7) is 4.85. The Kier molecular flexibility index (Phi) is 5.25. The molecule has 0 saturated carbocycles. The van der Waals surface area contributed by atoms with Gasteiger partial charge in [-0.1, -0.05) is 22.9 Å². The van der Waals surface area contributed by atoms with Gasteiger partial charge in [-0.3, -0.25) is 4.98 Å². The Morgan fingerprint density at radius 2 is 2.10 bits per heavy atom. The normalized spacial score (nSPS) is 12.2. The molecule has 1 heterocycles. The fourth-order valence-corrected chi connectivity index (χ4v) is 2.26. The monoisotopic (exact) mass is 356 g/mol. The van der Waals surface area contributed by atoms with Crippen LogP contribution in [-0.4, -0.2) is 11.5 Å². The van der Waals surface area contributed by atoms with Crippen LogP contribution in [-0.2, 0) is 0 Å². The van der Waals surface area contributed by atoms with E-state index in [1.807, 2.05) is 13.8 Å². The molecule has 0 fully saturated rings. The van der Waals surface area contributed by atoms with E-state index in [9.17, 15) is 8.78 Å². The van der Waals surface area contributed by atoms with Crippen molar-refractivity contribution in [3.8, 4) is 11.5 Å². The van der Waals surface area contributed by atoms with Crippen molar-refractivity contribution in [3.05, 3.63) is 52.3 Å². The van der Waals surface area contributed by atoms with Gasteiger partial charge < -0.3 is 10.1 Å². The minimum Gasteiger partial charge on any atom is -0.453 e. The first-order chi connectivity index (χ1) is 10.0. The van der Waals surface area contributed by atoms with Gasteiger partial charge in [-0.2, -0.15) is 4.39 Å². The zero-order valence-corrected chi connectivity index (χ0v) is 13.2. The lowest BCUT2D eigenvalue weighted by Gasteiger charge is -2.12. The highest BCUT2D eigenvalue weighted by Crippen LogP contribution is 2.29. The molecule has 0 radical (unpaired) electrons. The Morgan fingerprint density at radius 3 is 2.71 bits per heavy atom. The summed E-state index contributed by atoms with van der Waals surface area (Å²) >= 11 is 3.10. The molecule has 6 heteroatoms. The molecule has 0 bridgehead atoms. The van der Waals surface area contributed by atoms with Crippen LogP contribution in [0, 0.1) is 11.6 Å². The van der Waals surface area contributed by atoms with E-state index in [4.69, 9.17) is 4.74 Å². The SMILES string of the molecule is CCNC(C)c1ccc(Oc2cc(Br)cc(F)c2F)cn1. The first-order valence-corrected chi connectivity index (χ1v) is 7.32. The smallest absolute Gasteiger partial charge is 0.201 e. The highest BCUT2D eigenvalue weighted by atomic mass is 79.9. The molecule has 1 aromatic heterocycles. The fourth-order valence-electron chi connectivity index (χ4n) is 1.85. The third-order valence-electron chi connectivity index (χ3n) is 2.90. The van der Waals surface area contributed by atoms with Gasteiger partial charge in [0, 0.05) is 10.5 Å². The van der Waals surface area contributed by atoms with Crippen LogP contribution in [0.15, 0.2) is 34.9 Å². The van der Waals surface area contributed by atoms with Crippen molar-refractivity contribution in [1.29, 1.82) is 0 Å². The van der Waals surface area contributed by atoms with Crippen molar-refractivity contribution in [1.82, 2.24) is 10.3 Å². The average molecular weight is 357 g/mol. The Bertz CT molecular complexity index is 620. The Morgan fingerprint density at radius 1 is 1.33 bits per heavy atom. The molecule has 21 heavy (non-hydrogen) atoms. The summed E-state index contributed by atoms with van der Waals surface area (Å²) in [6, 6.07) is 5.99. The summed E-state index contributed by atoms with van der Waals surface area (Å²) < 4.78 is 32.7. The first-order valence-electron chi connectivity index (χ1n) is 6.53. The molecule has 1 unspecified atom stereocenters. The van der Waals surface area contributed by atoms with Crippen molar-refractivity contribution in [3.63, 3.8) is 0 Å². The molecule has 1 aromatic carbocycles. The van der Waals surface area contributed by atoms with E-state index in [0.29, 0.717) is 10.2 Å². The third-order valence-corrected chi connectivity index (χ3v) is 3.36. The quantitative estimate of drug-likeness (QED) is 0.795. The number of halogens is 3. The number of nitrogens with one attached hydrogen (secondary N) is 1. The van der Waals surface area contributed by atoms with Crippen LogP contribution in [0.1, 0.15) is 25.6 Å². The zero-order valence-electron chi connectivity index (χ0n) is 11.7. The molecule has 0 aliphatic carbocycles. The lowest BCUT2D eigenvalue weighted by Crippen LogP contribution is -2.18. The Hall–Kier alpha value is -1.53. The van der Waals surface area contributed by atoms with Gasteiger partial charge in [-0.25, -0.2) is 4.39 Å². The molecule has 1 atom stereocenters. The maximum absolute atomic E-state index is 13.6. The number of pyridine rings is 1. The van der Waals surface area contributed by atoms with Crippen molar-refractivity contribution in [2.24, 2.45) is 0 Å². The second-order valence-corrected chi connectivity index (χ2v) is 5.42. The predicted molar refractivity (Wildman–Crippen MR) is 80.5 cm³/mol. The minimum atomic E-state index is -1.02. The summed E-state index contributed by atoms with van der Waals surface area (Å²) in [5.41, 5.74) is 0.852. The number of benzene rings is 1. The maximum Gasteiger partial charge on any atom is 0.201 e. The van der Waals surface area contributed by atoms with Crippen LogP contribution in [0.4, 0.5) is 8.78 Å². The van der Waals surface area contributed by atoms with E-state index in [1.54, 1.807) is 12.1 Å². The van der Waals surface area contributed by atoms with E-state index >= 15 is 0 Å². The summed E-state index contributed by atoms with van der Waals surface area (Å²) in [4.78, 5) is 4.25. The third kappa shape index (κ3) is 3.98. The van der Waals surface area contributed by atoms with Crippen LogP contribution in [0.2, 0.25) is 0 Å². The highest BCUT2D eigenvalue weighted by molar-refractivity contribution is 9.10. The van der Waals surface area contributed by atoms with Gasteiger partial charge in [0.2, 0.25) is 5.82 Å². The Balaban J connectivity index is 2.17. The van der Waals surface area contributed by atoms with Crippen LogP contribution in [0.25, 0.3) is 0 Å². The van der Waals surface area contributed by atoms with Gasteiger partial charge in [0.05, 0.1) is 11.9 Å². The van der Waals surface area contributed by atoms with Gasteiger partial charge in [0.25, 0.3) is 0 Å². The van der Waals surface area contributed by atoms with Crippen LogP contribution in [0.5, 0.6) is 11.5 Å². The minimum absolute atomic E-state index is 0.115. The number of hydrogen-bond donors (Lipinski definition) is 1. The van der Waals surface area contributed by atoms with Crippen LogP contribution < -0.4 is 10.1 Å². The van der Waals surface area contributed by atoms with Crippen LogP contribution >= 0.6 is 15.9 Å². The summed E-state index contributed by atoms with van der Waals surface area (Å²) in [7, 11) is 0. The maximum atomic E-state index is 13.6. The standard InChI is InChI=1S/C15H15BrF2N2O/c1-3-19-9(2)13-5-4-11(8-20-13)21-14-7-10(16)6-12(17)15(14)18/h4-9,19H,3H2,1-2H3. The summed E-state index contributed by atoms with van der Waals surface area (Å²) in [6.07, 6.45) is 1.49. The van der Waals surface area contributed by atoms with Gasteiger partial charge in [0.1, 0.15) is 5.75 Å². The van der Waals surface area contributed by atoms with Crippen molar-refractivity contribution < 1.29 is 13.5 Å². The molecule has 0 spiro atoms. The first kappa shape index (κ1) is 15.9. The fraction of sp³-hybridized carbons (Fsp3) is 0.267. The molecule has 112 valence electrons. The van der Waals surface area contributed by atoms with Crippen LogP contribution in [0.3, 0.4) is 0 Å². The second-order valence-electron chi connectivity index (χ2n) is 4.50. The summed E-state index contributed by atoms with van der Waals surface area (Å²) in [5.74, 6) is -1.83. The molecule has 3 nitrogen and oxygen atoms in total. The number of aromatic nitrogens is 1. The van der Waals surface area contributed by atoms with E-state index in [1.165, 1.54) is 12.3 Å². The molecule has 0 amide bonds. The highest BCUT2D eigenvalue weighted by Gasteiger charge is 2.13. The molecule has 0 aliphatic heterocycles. The van der Waals surface area contributed by atoms with Gasteiger partial charge in [-0.05, 0) is 37.7 Å². The number of hydrogen-bond acceptors (Lipinski definition) is 3. The topological polar surface area (TPSA) is 34.1 Å². The lowest BCUT2D eigenvalue weighted by atomic mass is 10.2. The average Bonchev–Trinajstić information content (AvgIpc) is 2.45. The summed E-state index contributed by atoms with van der Waals surface area (Å²) in [5, 5.41) is 3.24. The largest absolute Gasteiger partial charge is 0.453 e. The van der Waals surface area contributed by atoms with Gasteiger partial charge >= 0.3 is 0 Å². The van der Waals surface area contributed by atoms with E-state index in [2.05, 4.69) is 26.2 Å². The molecular weight excluding hydrogens is 342 g/mol. The van der Waals surface area contributed by atoms with Crippen molar-refractivity contribution in [2.45, 2.75) is 19.9 Å². The number of nitrogens with zero attached hydrogens (tertiary/aromatic N) is 1.